The Morgan fingerprint density at radius 3 is 2.44 bits per heavy atom. The summed E-state index contributed by atoms with van der Waals surface area (Å²) in [5.41, 5.74) is 1.48. The molecule has 0 bridgehead atoms. The molecule has 0 heterocycles. The average Bonchev–Trinajstić information content (AvgIpc) is 2.32. The zero-order valence-electron chi connectivity index (χ0n) is 9.72. The standard InChI is InChI=1S/C13H12BrNO2S/c1-10-5-2-3-8-13(10)15-18(16,17)12-7-4-6-11(14)9-12/h2-9,15H,1H3. The largest absolute Gasteiger partial charge is 0.279 e. The number of rotatable bonds is 3. The summed E-state index contributed by atoms with van der Waals surface area (Å²) in [5, 5.41) is 0. The van der Waals surface area contributed by atoms with Gasteiger partial charge in [-0.15, -0.1) is 0 Å². The van der Waals surface area contributed by atoms with E-state index < -0.39 is 10.0 Å². The molecule has 0 saturated heterocycles. The van der Waals surface area contributed by atoms with Gasteiger partial charge in [0, 0.05) is 4.47 Å². The number of anilines is 1. The van der Waals surface area contributed by atoms with Gasteiger partial charge >= 0.3 is 0 Å². The summed E-state index contributed by atoms with van der Waals surface area (Å²) >= 11 is 3.26. The summed E-state index contributed by atoms with van der Waals surface area (Å²) in [6.07, 6.45) is 0. The second-order valence-corrected chi connectivity index (χ2v) is 6.48. The molecule has 3 nitrogen and oxygen atoms in total. The number of hydrogen-bond acceptors (Lipinski definition) is 2. The number of para-hydroxylation sites is 1. The van der Waals surface area contributed by atoms with Crippen molar-refractivity contribution in [2.24, 2.45) is 0 Å². The monoisotopic (exact) mass is 325 g/mol. The second-order valence-electron chi connectivity index (χ2n) is 3.88. The molecule has 0 spiro atoms. The van der Waals surface area contributed by atoms with Crippen LogP contribution in [0.5, 0.6) is 0 Å². The smallest absolute Gasteiger partial charge is 0.261 e. The van der Waals surface area contributed by atoms with Gasteiger partial charge in [-0.05, 0) is 36.8 Å². The molecule has 0 atom stereocenters. The molecule has 94 valence electrons. The quantitative estimate of drug-likeness (QED) is 0.937. The first kappa shape index (κ1) is 13.1. The summed E-state index contributed by atoms with van der Waals surface area (Å²) in [6.45, 7) is 1.86. The van der Waals surface area contributed by atoms with Gasteiger partial charge in [0.1, 0.15) is 0 Å². The second kappa shape index (κ2) is 5.12. The molecule has 0 radical (unpaired) electrons. The lowest BCUT2D eigenvalue weighted by Gasteiger charge is -2.10. The van der Waals surface area contributed by atoms with Crippen molar-refractivity contribution in [3.05, 3.63) is 58.6 Å². The maximum atomic E-state index is 12.2. The molecule has 0 aliphatic heterocycles. The fraction of sp³-hybridized carbons (Fsp3) is 0.0769. The maximum absolute atomic E-state index is 12.2. The van der Waals surface area contributed by atoms with Crippen molar-refractivity contribution < 1.29 is 8.42 Å². The van der Waals surface area contributed by atoms with Crippen molar-refractivity contribution in [3.8, 4) is 0 Å². The molecule has 0 aliphatic rings. The molecule has 0 saturated carbocycles. The molecule has 0 amide bonds. The Labute approximate surface area is 115 Å². The molecule has 0 fully saturated rings. The zero-order valence-corrected chi connectivity index (χ0v) is 12.1. The van der Waals surface area contributed by atoms with Crippen molar-refractivity contribution in [2.45, 2.75) is 11.8 Å². The van der Waals surface area contributed by atoms with Crippen molar-refractivity contribution in [1.29, 1.82) is 0 Å². The third-order valence-electron chi connectivity index (χ3n) is 2.50. The first-order chi connectivity index (χ1) is 8.49. The average molecular weight is 326 g/mol. The van der Waals surface area contributed by atoms with Crippen LogP contribution in [0.1, 0.15) is 5.56 Å². The fourth-order valence-electron chi connectivity index (χ4n) is 1.53. The van der Waals surface area contributed by atoms with Gasteiger partial charge in [-0.3, -0.25) is 4.72 Å². The Bertz CT molecular complexity index is 668. The molecule has 2 aromatic carbocycles. The first-order valence-corrected chi connectivity index (χ1v) is 7.61. The van der Waals surface area contributed by atoms with Crippen molar-refractivity contribution in [1.82, 2.24) is 0 Å². The van der Waals surface area contributed by atoms with Crippen LogP contribution in [0.25, 0.3) is 0 Å². The van der Waals surface area contributed by atoms with Crippen LogP contribution in [0.3, 0.4) is 0 Å². The van der Waals surface area contributed by atoms with E-state index in [4.69, 9.17) is 0 Å². The van der Waals surface area contributed by atoms with Gasteiger partial charge in [-0.1, -0.05) is 40.2 Å². The van der Waals surface area contributed by atoms with Crippen LogP contribution >= 0.6 is 15.9 Å². The van der Waals surface area contributed by atoms with Gasteiger partial charge < -0.3 is 0 Å². The highest BCUT2D eigenvalue weighted by atomic mass is 79.9. The topological polar surface area (TPSA) is 46.2 Å². The van der Waals surface area contributed by atoms with E-state index in [-0.39, 0.29) is 4.90 Å². The minimum Gasteiger partial charge on any atom is -0.279 e. The Morgan fingerprint density at radius 1 is 1.06 bits per heavy atom. The summed E-state index contributed by atoms with van der Waals surface area (Å²) in [4.78, 5) is 0.236. The predicted molar refractivity (Wildman–Crippen MR) is 76.1 cm³/mol. The molecule has 18 heavy (non-hydrogen) atoms. The van der Waals surface area contributed by atoms with Crippen LogP contribution in [0.2, 0.25) is 0 Å². The Morgan fingerprint density at radius 2 is 1.78 bits per heavy atom. The van der Waals surface area contributed by atoms with E-state index in [9.17, 15) is 8.42 Å². The lowest BCUT2D eigenvalue weighted by Crippen LogP contribution is -2.13. The number of sulfonamides is 1. The normalized spacial score (nSPS) is 11.2. The first-order valence-electron chi connectivity index (χ1n) is 5.33. The molecule has 2 rings (SSSR count). The van der Waals surface area contributed by atoms with Gasteiger partial charge in [-0.25, -0.2) is 8.42 Å². The van der Waals surface area contributed by atoms with Crippen LogP contribution in [-0.4, -0.2) is 8.42 Å². The Hall–Kier alpha value is -1.33. The summed E-state index contributed by atoms with van der Waals surface area (Å²) in [5.74, 6) is 0. The third kappa shape index (κ3) is 2.91. The maximum Gasteiger partial charge on any atom is 0.261 e. The Balaban J connectivity index is 2.37. The SMILES string of the molecule is Cc1ccccc1NS(=O)(=O)c1cccc(Br)c1. The van der Waals surface area contributed by atoms with E-state index in [1.165, 1.54) is 0 Å². The number of benzene rings is 2. The molecule has 0 aromatic heterocycles. The van der Waals surface area contributed by atoms with Gasteiger partial charge in [-0.2, -0.15) is 0 Å². The lowest BCUT2D eigenvalue weighted by atomic mass is 10.2. The summed E-state index contributed by atoms with van der Waals surface area (Å²) in [6, 6.07) is 13.9. The van der Waals surface area contributed by atoms with E-state index in [0.717, 1.165) is 10.0 Å². The van der Waals surface area contributed by atoms with Gasteiger partial charge in [0.25, 0.3) is 10.0 Å². The highest BCUT2D eigenvalue weighted by molar-refractivity contribution is 9.10. The molecular formula is C13H12BrNO2S. The zero-order chi connectivity index (χ0) is 13.2. The third-order valence-corrected chi connectivity index (χ3v) is 4.35. The molecule has 1 N–H and O–H groups in total. The van der Waals surface area contributed by atoms with E-state index >= 15 is 0 Å². The van der Waals surface area contributed by atoms with E-state index in [1.54, 1.807) is 36.4 Å². The number of hydrogen-bond donors (Lipinski definition) is 1. The minimum atomic E-state index is -3.54. The minimum absolute atomic E-state index is 0.236. The van der Waals surface area contributed by atoms with Crippen molar-refractivity contribution in [3.63, 3.8) is 0 Å². The number of nitrogens with one attached hydrogen (secondary N) is 1. The van der Waals surface area contributed by atoms with Crippen molar-refractivity contribution in [2.75, 3.05) is 4.72 Å². The van der Waals surface area contributed by atoms with Crippen LogP contribution in [0, 0.1) is 6.92 Å². The molecule has 2 aromatic rings. The van der Waals surface area contributed by atoms with Gasteiger partial charge in [0.2, 0.25) is 0 Å². The number of aryl methyl sites for hydroxylation is 1. The van der Waals surface area contributed by atoms with Gasteiger partial charge in [0.15, 0.2) is 0 Å². The van der Waals surface area contributed by atoms with Crippen LogP contribution < -0.4 is 4.72 Å². The lowest BCUT2D eigenvalue weighted by molar-refractivity contribution is 0.601. The molecule has 0 unspecified atom stereocenters. The molecule has 5 heteroatoms. The van der Waals surface area contributed by atoms with Crippen LogP contribution in [0.15, 0.2) is 57.9 Å². The van der Waals surface area contributed by atoms with E-state index in [0.29, 0.717) is 5.69 Å². The molecule has 0 aliphatic carbocycles. The Kier molecular flexibility index (Phi) is 3.73. The predicted octanol–water partition coefficient (Wildman–Crippen LogP) is 3.56. The summed E-state index contributed by atoms with van der Waals surface area (Å²) < 4.78 is 27.7. The fourth-order valence-corrected chi connectivity index (χ4v) is 3.25. The highest BCUT2D eigenvalue weighted by Crippen LogP contribution is 2.21. The van der Waals surface area contributed by atoms with Crippen LogP contribution in [0.4, 0.5) is 5.69 Å². The number of halogens is 1. The van der Waals surface area contributed by atoms with Crippen LogP contribution in [-0.2, 0) is 10.0 Å². The highest BCUT2D eigenvalue weighted by Gasteiger charge is 2.14. The molecular weight excluding hydrogens is 314 g/mol. The van der Waals surface area contributed by atoms with E-state index in [1.807, 2.05) is 19.1 Å². The van der Waals surface area contributed by atoms with E-state index in [2.05, 4.69) is 20.7 Å². The summed E-state index contributed by atoms with van der Waals surface area (Å²) in [7, 11) is -3.54. The van der Waals surface area contributed by atoms with Crippen molar-refractivity contribution >= 4 is 31.6 Å². The van der Waals surface area contributed by atoms with Gasteiger partial charge in [0.05, 0.1) is 10.6 Å².